The number of hydrogen-bond donors (Lipinski definition) is 0. The molecular formula is C38H32BrP. The highest BCUT2D eigenvalue weighted by Crippen LogP contribution is 2.69. The molecule has 7 aromatic rings. The van der Waals surface area contributed by atoms with Crippen LogP contribution in [0.4, 0.5) is 0 Å². The van der Waals surface area contributed by atoms with Gasteiger partial charge in [0, 0.05) is 5.56 Å². The van der Waals surface area contributed by atoms with E-state index >= 15 is 0 Å². The second-order valence-corrected chi connectivity index (χ2v) is 14.2. The van der Waals surface area contributed by atoms with E-state index in [1.165, 1.54) is 53.8 Å². The maximum atomic E-state index is 2.45. The van der Waals surface area contributed by atoms with Crippen LogP contribution in [0.5, 0.6) is 0 Å². The molecule has 0 N–H and O–H groups in total. The van der Waals surface area contributed by atoms with Crippen LogP contribution in [0.15, 0.2) is 146 Å². The van der Waals surface area contributed by atoms with Crippen molar-refractivity contribution in [3.63, 3.8) is 0 Å². The van der Waals surface area contributed by atoms with Gasteiger partial charge in [0.2, 0.25) is 0 Å². The molecule has 40 heavy (non-hydrogen) atoms. The molecule has 1 unspecified atom stereocenters. The molecule has 0 aliphatic heterocycles. The van der Waals surface area contributed by atoms with Crippen molar-refractivity contribution in [1.29, 1.82) is 0 Å². The zero-order valence-corrected chi connectivity index (χ0v) is 25.2. The second-order valence-electron chi connectivity index (χ2n) is 10.5. The molecule has 0 aliphatic rings. The van der Waals surface area contributed by atoms with Gasteiger partial charge in [0.25, 0.3) is 0 Å². The predicted molar refractivity (Wildman–Crippen MR) is 173 cm³/mol. The van der Waals surface area contributed by atoms with Gasteiger partial charge in [-0.2, -0.15) is 0 Å². The van der Waals surface area contributed by atoms with Gasteiger partial charge in [-0.1, -0.05) is 123 Å². The summed E-state index contributed by atoms with van der Waals surface area (Å²) in [7, 11) is -2.09. The van der Waals surface area contributed by atoms with Crippen molar-refractivity contribution in [3.8, 4) is 0 Å². The lowest BCUT2D eigenvalue weighted by Gasteiger charge is -2.36. The molecule has 0 spiro atoms. The summed E-state index contributed by atoms with van der Waals surface area (Å²) in [5, 5.41) is 12.5. The molecule has 0 aromatic heterocycles. The summed E-state index contributed by atoms with van der Waals surface area (Å²) in [4.78, 5) is 0. The Labute approximate surface area is 248 Å². The first-order valence-electron chi connectivity index (χ1n) is 14.0. The van der Waals surface area contributed by atoms with Gasteiger partial charge in [0.1, 0.15) is 28.8 Å². The summed E-state index contributed by atoms with van der Waals surface area (Å²) in [6.45, 7) is 2.35. The molecular weight excluding hydrogens is 567 g/mol. The van der Waals surface area contributed by atoms with E-state index in [0.29, 0.717) is 5.66 Å². The Bertz CT molecular complexity index is 1750. The van der Waals surface area contributed by atoms with Crippen molar-refractivity contribution < 1.29 is 17.0 Å². The molecule has 0 saturated heterocycles. The minimum atomic E-state index is -2.09. The maximum absolute atomic E-state index is 2.45. The number of rotatable bonds is 7. The minimum absolute atomic E-state index is 0. The van der Waals surface area contributed by atoms with Crippen LogP contribution >= 0.6 is 7.26 Å². The summed E-state index contributed by atoms with van der Waals surface area (Å²) in [6.07, 6.45) is 2.25. The molecule has 196 valence electrons. The summed E-state index contributed by atoms with van der Waals surface area (Å²) in [5.41, 5.74) is 1.83. The zero-order valence-electron chi connectivity index (χ0n) is 22.7. The van der Waals surface area contributed by atoms with E-state index in [1.54, 1.807) is 0 Å². The van der Waals surface area contributed by atoms with E-state index in [1.807, 2.05) is 0 Å². The van der Waals surface area contributed by atoms with Gasteiger partial charge < -0.3 is 17.0 Å². The Kier molecular flexibility index (Phi) is 7.45. The van der Waals surface area contributed by atoms with E-state index in [0.717, 1.165) is 12.8 Å². The van der Waals surface area contributed by atoms with E-state index in [9.17, 15) is 0 Å². The topological polar surface area (TPSA) is 0 Å². The Hall–Kier alpha value is -3.51. The summed E-state index contributed by atoms with van der Waals surface area (Å²) < 4.78 is 0. The zero-order chi connectivity index (χ0) is 26.2. The largest absolute Gasteiger partial charge is 1.00 e. The van der Waals surface area contributed by atoms with Gasteiger partial charge >= 0.3 is 0 Å². The van der Waals surface area contributed by atoms with Gasteiger partial charge in [-0.15, -0.1) is 0 Å². The molecule has 1 atom stereocenters. The van der Waals surface area contributed by atoms with Crippen LogP contribution in [-0.4, -0.2) is 0 Å². The van der Waals surface area contributed by atoms with Crippen LogP contribution in [0.25, 0.3) is 32.3 Å². The first kappa shape index (κ1) is 26.7. The van der Waals surface area contributed by atoms with Crippen LogP contribution in [0.3, 0.4) is 0 Å². The lowest BCUT2D eigenvalue weighted by Crippen LogP contribution is -3.00. The first-order valence-corrected chi connectivity index (χ1v) is 15.9. The van der Waals surface area contributed by atoms with Crippen LogP contribution in [0, 0.1) is 0 Å². The van der Waals surface area contributed by atoms with Crippen molar-refractivity contribution in [2.24, 2.45) is 0 Å². The molecule has 0 radical (unpaired) electrons. The van der Waals surface area contributed by atoms with Crippen LogP contribution in [-0.2, 0) is 0 Å². The predicted octanol–water partition coefficient (Wildman–Crippen LogP) is 6.42. The van der Waals surface area contributed by atoms with E-state index in [4.69, 9.17) is 0 Å². The van der Waals surface area contributed by atoms with Gasteiger partial charge in [-0.05, 0) is 75.1 Å². The SMILES string of the molecule is CCCC(c1ccc2ccc3cccc4ccc1c2c34)[P+](c1ccccc1)(c1ccccc1)c1ccccc1.[Br-]. The average Bonchev–Trinajstić information content (AvgIpc) is 3.01. The molecule has 0 bridgehead atoms. The van der Waals surface area contributed by atoms with Crippen LogP contribution < -0.4 is 32.9 Å². The highest BCUT2D eigenvalue weighted by Gasteiger charge is 2.52. The highest BCUT2D eigenvalue weighted by molar-refractivity contribution is 7.96. The van der Waals surface area contributed by atoms with E-state index < -0.39 is 7.26 Å². The van der Waals surface area contributed by atoms with Crippen molar-refractivity contribution in [2.45, 2.75) is 25.4 Å². The fourth-order valence-electron chi connectivity index (χ4n) is 6.86. The van der Waals surface area contributed by atoms with Crippen molar-refractivity contribution in [2.75, 3.05) is 0 Å². The lowest BCUT2D eigenvalue weighted by atomic mass is 9.90. The first-order chi connectivity index (χ1) is 19.3. The van der Waals surface area contributed by atoms with Crippen LogP contribution in [0.2, 0.25) is 0 Å². The number of halogens is 1. The van der Waals surface area contributed by atoms with Gasteiger partial charge in [0.15, 0.2) is 0 Å². The fraction of sp³-hybridized carbons (Fsp3) is 0.105. The standard InChI is InChI=1S/C38H32P.BrH/c1-2-13-36(34-26-24-30-23-22-28-14-12-15-29-25-27-35(34)38(30)37(28)29)39(31-16-6-3-7-17-31,32-18-8-4-9-19-32)33-20-10-5-11-21-33;/h3-12,14-27,36H,2,13H2,1H3;1H/q+1;/p-1. The average molecular weight is 600 g/mol. The number of benzene rings is 7. The van der Waals surface area contributed by atoms with Crippen molar-refractivity contribution in [1.82, 2.24) is 0 Å². The van der Waals surface area contributed by atoms with Gasteiger partial charge in [-0.25, -0.2) is 0 Å². The van der Waals surface area contributed by atoms with E-state index in [-0.39, 0.29) is 17.0 Å². The summed E-state index contributed by atoms with van der Waals surface area (Å²) >= 11 is 0. The molecule has 0 aliphatic carbocycles. The van der Waals surface area contributed by atoms with Crippen molar-refractivity contribution in [3.05, 3.63) is 151 Å². The third-order valence-electron chi connectivity index (χ3n) is 8.44. The molecule has 7 rings (SSSR count). The minimum Gasteiger partial charge on any atom is -1.00 e. The van der Waals surface area contributed by atoms with Gasteiger partial charge in [0.05, 0.1) is 0 Å². The Morgan fingerprint density at radius 2 is 0.925 bits per heavy atom. The third kappa shape index (κ3) is 4.15. The van der Waals surface area contributed by atoms with Crippen molar-refractivity contribution >= 4 is 55.5 Å². The fourth-order valence-corrected chi connectivity index (χ4v) is 12.0. The molecule has 0 nitrogen and oxygen atoms in total. The van der Waals surface area contributed by atoms with Gasteiger partial charge in [-0.3, -0.25) is 0 Å². The summed E-state index contributed by atoms with van der Waals surface area (Å²) in [6, 6.07) is 54.9. The normalized spacial score (nSPS) is 12.5. The Morgan fingerprint density at radius 3 is 1.43 bits per heavy atom. The molecule has 0 saturated carbocycles. The molecule has 0 heterocycles. The molecule has 7 aromatic carbocycles. The third-order valence-corrected chi connectivity index (χ3v) is 13.3. The lowest BCUT2D eigenvalue weighted by molar-refractivity contribution is -0.00000736. The smallest absolute Gasteiger partial charge is 0.119 e. The van der Waals surface area contributed by atoms with E-state index in [2.05, 4.69) is 153 Å². The molecule has 2 heteroatoms. The molecule has 0 fully saturated rings. The maximum Gasteiger partial charge on any atom is 0.119 e. The Morgan fingerprint density at radius 1 is 0.475 bits per heavy atom. The summed E-state index contributed by atoms with van der Waals surface area (Å²) in [5.74, 6) is 0. The quantitative estimate of drug-likeness (QED) is 0.147. The van der Waals surface area contributed by atoms with Crippen LogP contribution in [0.1, 0.15) is 31.0 Å². The monoisotopic (exact) mass is 598 g/mol. The highest BCUT2D eigenvalue weighted by atomic mass is 79.9. The molecule has 0 amide bonds. The number of hydrogen-bond acceptors (Lipinski definition) is 0. The Balaban J connectivity index is 0.00000289. The second kappa shape index (κ2) is 11.2.